The quantitative estimate of drug-likeness (QED) is 0.662. The second-order valence-corrected chi connectivity index (χ2v) is 4.39. The lowest BCUT2D eigenvalue weighted by Gasteiger charge is -2.12. The minimum absolute atomic E-state index is 0.0613. The van der Waals surface area contributed by atoms with Crippen LogP contribution in [-0.2, 0) is 0 Å². The van der Waals surface area contributed by atoms with Crippen molar-refractivity contribution in [2.75, 3.05) is 0 Å². The van der Waals surface area contributed by atoms with Gasteiger partial charge in [-0.05, 0) is 12.1 Å². The third-order valence-electron chi connectivity index (χ3n) is 2.50. The van der Waals surface area contributed by atoms with Crippen LogP contribution in [0.3, 0.4) is 0 Å². The van der Waals surface area contributed by atoms with E-state index >= 15 is 0 Å². The summed E-state index contributed by atoms with van der Waals surface area (Å²) in [6.45, 7) is 0. The van der Waals surface area contributed by atoms with E-state index in [0.717, 1.165) is 6.07 Å². The first-order chi connectivity index (χ1) is 8.52. The number of halogens is 5. The molecule has 2 aromatic rings. The summed E-state index contributed by atoms with van der Waals surface area (Å²) < 4.78 is 39.5. The van der Waals surface area contributed by atoms with E-state index < -0.39 is 17.8 Å². The van der Waals surface area contributed by atoms with Crippen LogP contribution in [0.25, 0.3) is 11.1 Å². The molecule has 0 aliphatic carbocycles. The van der Waals surface area contributed by atoms with Crippen LogP contribution in [-0.4, -0.2) is 0 Å². The smallest absolute Gasteiger partial charge is 0.206 e. The standard InChI is InChI=1S/C13H7Cl2F3/c14-9-5-1-3-7(12(9)15)11-8(13(17)18)4-2-6-10(11)16/h1-6,13H. The largest absolute Gasteiger partial charge is 0.264 e. The summed E-state index contributed by atoms with van der Waals surface area (Å²) in [4.78, 5) is 0. The molecule has 5 heteroatoms. The first-order valence-corrected chi connectivity index (χ1v) is 5.79. The zero-order valence-corrected chi connectivity index (χ0v) is 10.4. The average molecular weight is 291 g/mol. The van der Waals surface area contributed by atoms with Gasteiger partial charge >= 0.3 is 0 Å². The van der Waals surface area contributed by atoms with Gasteiger partial charge in [0.15, 0.2) is 0 Å². The topological polar surface area (TPSA) is 0 Å². The van der Waals surface area contributed by atoms with Crippen molar-refractivity contribution in [3.05, 3.63) is 57.8 Å². The fourth-order valence-corrected chi connectivity index (χ4v) is 2.10. The summed E-state index contributed by atoms with van der Waals surface area (Å²) >= 11 is 11.7. The molecule has 0 saturated carbocycles. The Morgan fingerprint density at radius 1 is 0.944 bits per heavy atom. The van der Waals surface area contributed by atoms with Crippen molar-refractivity contribution in [3.8, 4) is 11.1 Å². The highest BCUT2D eigenvalue weighted by molar-refractivity contribution is 6.43. The van der Waals surface area contributed by atoms with Gasteiger partial charge in [-0.3, -0.25) is 0 Å². The molecule has 0 aliphatic heterocycles. The van der Waals surface area contributed by atoms with Crippen LogP contribution < -0.4 is 0 Å². The van der Waals surface area contributed by atoms with Gasteiger partial charge in [0.1, 0.15) is 5.82 Å². The normalized spacial score (nSPS) is 11.0. The minimum atomic E-state index is -2.79. The molecule has 0 N–H and O–H groups in total. The first kappa shape index (κ1) is 13.2. The molecule has 0 aromatic heterocycles. The van der Waals surface area contributed by atoms with E-state index in [9.17, 15) is 13.2 Å². The van der Waals surface area contributed by atoms with Gasteiger partial charge in [-0.25, -0.2) is 13.2 Å². The van der Waals surface area contributed by atoms with Crippen molar-refractivity contribution in [2.45, 2.75) is 6.43 Å². The molecule has 0 fully saturated rings. The molecule has 0 amide bonds. The second-order valence-electron chi connectivity index (χ2n) is 3.61. The zero-order chi connectivity index (χ0) is 13.3. The molecule has 2 rings (SSSR count). The van der Waals surface area contributed by atoms with Gasteiger partial charge in [-0.1, -0.05) is 47.5 Å². The molecule has 0 aliphatic rings. The van der Waals surface area contributed by atoms with Gasteiger partial charge in [0, 0.05) is 16.7 Å². The molecule has 0 atom stereocenters. The van der Waals surface area contributed by atoms with Crippen LogP contribution >= 0.6 is 23.2 Å². The lowest BCUT2D eigenvalue weighted by Crippen LogP contribution is -1.95. The minimum Gasteiger partial charge on any atom is -0.206 e. The third kappa shape index (κ3) is 2.33. The van der Waals surface area contributed by atoms with Crippen molar-refractivity contribution in [3.63, 3.8) is 0 Å². The molecule has 18 heavy (non-hydrogen) atoms. The fourth-order valence-electron chi connectivity index (χ4n) is 1.70. The first-order valence-electron chi connectivity index (χ1n) is 5.03. The molecule has 0 bridgehead atoms. The summed E-state index contributed by atoms with van der Waals surface area (Å²) in [7, 11) is 0. The van der Waals surface area contributed by atoms with Crippen LogP contribution in [0.15, 0.2) is 36.4 Å². The van der Waals surface area contributed by atoms with Crippen molar-refractivity contribution < 1.29 is 13.2 Å². The maximum Gasteiger partial charge on any atom is 0.264 e. The fraction of sp³-hybridized carbons (Fsp3) is 0.0769. The van der Waals surface area contributed by atoms with Gasteiger partial charge < -0.3 is 0 Å². The van der Waals surface area contributed by atoms with Crippen molar-refractivity contribution in [1.82, 2.24) is 0 Å². The summed E-state index contributed by atoms with van der Waals surface area (Å²) in [6.07, 6.45) is -2.79. The van der Waals surface area contributed by atoms with Gasteiger partial charge in [0.2, 0.25) is 0 Å². The monoisotopic (exact) mass is 290 g/mol. The van der Waals surface area contributed by atoms with Gasteiger partial charge in [-0.15, -0.1) is 0 Å². The lowest BCUT2D eigenvalue weighted by atomic mass is 9.99. The third-order valence-corrected chi connectivity index (χ3v) is 3.32. The Bertz CT molecular complexity index is 582. The van der Waals surface area contributed by atoms with Crippen LogP contribution in [0.1, 0.15) is 12.0 Å². The maximum absolute atomic E-state index is 13.8. The van der Waals surface area contributed by atoms with E-state index in [1.807, 2.05) is 0 Å². The van der Waals surface area contributed by atoms with Crippen LogP contribution in [0.2, 0.25) is 10.0 Å². The molecule has 0 unspecified atom stereocenters. The Kier molecular flexibility index (Phi) is 3.83. The Morgan fingerprint density at radius 2 is 1.61 bits per heavy atom. The number of hydrogen-bond acceptors (Lipinski definition) is 0. The van der Waals surface area contributed by atoms with Crippen molar-refractivity contribution in [2.24, 2.45) is 0 Å². The molecule has 94 valence electrons. The highest BCUT2D eigenvalue weighted by Gasteiger charge is 2.20. The molecule has 0 nitrogen and oxygen atoms in total. The van der Waals surface area contributed by atoms with Crippen LogP contribution in [0, 0.1) is 5.82 Å². The summed E-state index contributed by atoms with van der Waals surface area (Å²) in [5.41, 5.74) is -0.447. The van der Waals surface area contributed by atoms with E-state index in [1.54, 1.807) is 0 Å². The molecule has 2 aromatic carbocycles. The predicted molar refractivity (Wildman–Crippen MR) is 66.8 cm³/mol. The van der Waals surface area contributed by atoms with E-state index in [-0.39, 0.29) is 21.2 Å². The van der Waals surface area contributed by atoms with Gasteiger partial charge in [0.05, 0.1) is 10.0 Å². The average Bonchev–Trinajstić information content (AvgIpc) is 2.33. The number of hydrogen-bond donors (Lipinski definition) is 0. The highest BCUT2D eigenvalue weighted by atomic mass is 35.5. The Morgan fingerprint density at radius 3 is 2.28 bits per heavy atom. The Labute approximate surface area is 112 Å². The van der Waals surface area contributed by atoms with E-state index in [1.165, 1.54) is 30.3 Å². The van der Waals surface area contributed by atoms with Crippen molar-refractivity contribution in [1.29, 1.82) is 0 Å². The molecular formula is C13H7Cl2F3. The van der Waals surface area contributed by atoms with E-state index in [0.29, 0.717) is 0 Å². The van der Waals surface area contributed by atoms with E-state index in [4.69, 9.17) is 23.2 Å². The molecule has 0 spiro atoms. The Balaban J connectivity index is 2.74. The van der Waals surface area contributed by atoms with Crippen LogP contribution in [0.5, 0.6) is 0 Å². The van der Waals surface area contributed by atoms with Gasteiger partial charge in [0.25, 0.3) is 6.43 Å². The number of benzene rings is 2. The van der Waals surface area contributed by atoms with E-state index in [2.05, 4.69) is 0 Å². The predicted octanol–water partition coefficient (Wildman–Crippen LogP) is 5.74. The van der Waals surface area contributed by atoms with Crippen LogP contribution in [0.4, 0.5) is 13.2 Å². The molecular weight excluding hydrogens is 284 g/mol. The Hall–Kier alpha value is -1.19. The summed E-state index contributed by atoms with van der Waals surface area (Å²) in [5.74, 6) is -0.753. The lowest BCUT2D eigenvalue weighted by molar-refractivity contribution is 0.151. The highest BCUT2D eigenvalue weighted by Crippen LogP contribution is 2.39. The molecule has 0 radical (unpaired) electrons. The van der Waals surface area contributed by atoms with Gasteiger partial charge in [-0.2, -0.15) is 0 Å². The molecule has 0 heterocycles. The number of alkyl halides is 2. The maximum atomic E-state index is 13.8. The number of rotatable bonds is 2. The summed E-state index contributed by atoms with van der Waals surface area (Å²) in [6, 6.07) is 8.01. The zero-order valence-electron chi connectivity index (χ0n) is 8.93. The molecule has 0 saturated heterocycles. The van der Waals surface area contributed by atoms with Crippen molar-refractivity contribution >= 4 is 23.2 Å². The second kappa shape index (κ2) is 5.21. The SMILES string of the molecule is Fc1cccc(C(F)F)c1-c1cccc(Cl)c1Cl. The summed E-state index contributed by atoms with van der Waals surface area (Å²) in [5, 5.41) is 0.254.